The summed E-state index contributed by atoms with van der Waals surface area (Å²) in [5.41, 5.74) is 11.9. The highest BCUT2D eigenvalue weighted by atomic mass is 16.2. The highest BCUT2D eigenvalue weighted by Crippen LogP contribution is 2.42. The lowest BCUT2D eigenvalue weighted by Gasteiger charge is -2.39. The van der Waals surface area contributed by atoms with Gasteiger partial charge in [0.25, 0.3) is 0 Å². The molecule has 4 unspecified atom stereocenters. The molecule has 4 rings (SSSR count). The van der Waals surface area contributed by atoms with Crippen LogP contribution >= 0.6 is 0 Å². The minimum Gasteiger partial charge on any atom is -0.387 e. The maximum Gasteiger partial charge on any atom is 0.237 e. The first-order valence-corrected chi connectivity index (χ1v) is 11.9. The molecule has 4 aliphatic rings. The Morgan fingerprint density at radius 3 is 2.45 bits per heavy atom. The molecular formula is C22H40N6O. The fraction of sp³-hybridized carbons (Fsp3) is 0.909. The Hall–Kier alpha value is -1.18. The van der Waals surface area contributed by atoms with Crippen LogP contribution < -0.4 is 22.1 Å². The van der Waals surface area contributed by atoms with Crippen LogP contribution in [0.5, 0.6) is 0 Å². The SMILES string of the molecule is N=C(N)C1CCC2CC(C(=O)NC3CCC(N)CC3)N(CC3CCNCC3)C2C1. The standard InChI is InChI=1S/C22H40N6O/c23-17-3-5-18(6-4-17)27-22(29)20-11-15-1-2-16(21(24)25)12-19(15)28(20)13-14-7-9-26-10-8-14/h14-20,26H,1-13,23H2,(H3,24,25)(H,27,29). The van der Waals surface area contributed by atoms with Crippen molar-refractivity contribution >= 4 is 11.7 Å². The van der Waals surface area contributed by atoms with Gasteiger partial charge in [0.05, 0.1) is 11.9 Å². The molecule has 0 aromatic rings. The molecule has 2 saturated carbocycles. The topological polar surface area (TPSA) is 120 Å². The number of hydrogen-bond donors (Lipinski definition) is 5. The van der Waals surface area contributed by atoms with Crippen LogP contribution in [0.4, 0.5) is 0 Å². The Morgan fingerprint density at radius 1 is 1.03 bits per heavy atom. The zero-order chi connectivity index (χ0) is 20.4. The predicted molar refractivity (Wildman–Crippen MR) is 116 cm³/mol. The number of carbonyl (C=O) groups excluding carboxylic acids is 1. The third-order valence-corrected chi connectivity index (χ3v) is 8.10. The van der Waals surface area contributed by atoms with Gasteiger partial charge in [-0.25, -0.2) is 0 Å². The average Bonchev–Trinajstić information content (AvgIpc) is 3.08. The Balaban J connectivity index is 1.44. The smallest absolute Gasteiger partial charge is 0.237 e. The summed E-state index contributed by atoms with van der Waals surface area (Å²) in [7, 11) is 0. The van der Waals surface area contributed by atoms with Gasteiger partial charge in [-0.05, 0) is 89.1 Å². The van der Waals surface area contributed by atoms with E-state index in [1.807, 2.05) is 0 Å². The summed E-state index contributed by atoms with van der Waals surface area (Å²) in [6.45, 7) is 3.19. The molecule has 0 aromatic carbocycles. The summed E-state index contributed by atoms with van der Waals surface area (Å²) in [5.74, 6) is 1.98. The number of carbonyl (C=O) groups is 1. The lowest BCUT2D eigenvalue weighted by atomic mass is 9.78. The van der Waals surface area contributed by atoms with Crippen molar-refractivity contribution in [2.24, 2.45) is 29.2 Å². The van der Waals surface area contributed by atoms with E-state index in [1.54, 1.807) is 0 Å². The summed E-state index contributed by atoms with van der Waals surface area (Å²) in [6.07, 6.45) is 10.5. The molecule has 2 aliphatic heterocycles. The summed E-state index contributed by atoms with van der Waals surface area (Å²) in [6, 6.07) is 0.984. The maximum atomic E-state index is 13.3. The molecule has 0 bridgehead atoms. The quantitative estimate of drug-likeness (QED) is 0.348. The summed E-state index contributed by atoms with van der Waals surface area (Å²) >= 11 is 0. The zero-order valence-corrected chi connectivity index (χ0v) is 17.7. The first kappa shape index (κ1) is 21.1. The number of likely N-dealkylation sites (tertiary alicyclic amines) is 1. The minimum atomic E-state index is -0.0128. The molecule has 164 valence electrons. The molecule has 1 amide bonds. The lowest BCUT2D eigenvalue weighted by molar-refractivity contribution is -0.127. The van der Waals surface area contributed by atoms with Gasteiger partial charge in [0, 0.05) is 30.6 Å². The monoisotopic (exact) mass is 404 g/mol. The number of rotatable bonds is 5. The van der Waals surface area contributed by atoms with Crippen LogP contribution in [0.15, 0.2) is 0 Å². The third-order valence-electron chi connectivity index (χ3n) is 8.10. The second kappa shape index (κ2) is 9.31. The molecule has 4 atom stereocenters. The van der Waals surface area contributed by atoms with Crippen LogP contribution in [0.1, 0.15) is 64.2 Å². The van der Waals surface area contributed by atoms with Gasteiger partial charge in [-0.1, -0.05) is 0 Å². The highest BCUT2D eigenvalue weighted by molar-refractivity contribution is 5.83. The van der Waals surface area contributed by atoms with Gasteiger partial charge in [-0.15, -0.1) is 0 Å². The van der Waals surface area contributed by atoms with Crippen molar-refractivity contribution in [3.8, 4) is 0 Å². The number of nitrogens with zero attached hydrogens (tertiary/aromatic N) is 1. The van der Waals surface area contributed by atoms with Crippen molar-refractivity contribution in [3.05, 3.63) is 0 Å². The number of nitrogens with two attached hydrogens (primary N) is 2. The second-order valence-corrected chi connectivity index (χ2v) is 10.1. The molecule has 7 nitrogen and oxygen atoms in total. The third kappa shape index (κ3) is 4.94. The van der Waals surface area contributed by atoms with Crippen molar-refractivity contribution in [1.29, 1.82) is 5.41 Å². The number of piperidine rings is 1. The molecular weight excluding hydrogens is 364 g/mol. The molecule has 2 heterocycles. The fourth-order valence-corrected chi connectivity index (χ4v) is 6.27. The van der Waals surface area contributed by atoms with E-state index < -0.39 is 0 Å². The lowest BCUT2D eigenvalue weighted by Crippen LogP contribution is -2.52. The molecule has 0 radical (unpaired) electrons. The van der Waals surface area contributed by atoms with E-state index in [4.69, 9.17) is 16.9 Å². The van der Waals surface area contributed by atoms with Crippen LogP contribution in [0.3, 0.4) is 0 Å². The van der Waals surface area contributed by atoms with Gasteiger partial charge >= 0.3 is 0 Å². The van der Waals surface area contributed by atoms with Crippen LogP contribution in [0, 0.1) is 23.2 Å². The summed E-state index contributed by atoms with van der Waals surface area (Å²) in [5, 5.41) is 14.8. The average molecular weight is 405 g/mol. The van der Waals surface area contributed by atoms with Crippen LogP contribution in [-0.2, 0) is 4.79 Å². The summed E-state index contributed by atoms with van der Waals surface area (Å²) < 4.78 is 0. The molecule has 7 N–H and O–H groups in total. The zero-order valence-electron chi connectivity index (χ0n) is 17.7. The Morgan fingerprint density at radius 2 is 1.76 bits per heavy atom. The van der Waals surface area contributed by atoms with Crippen molar-refractivity contribution < 1.29 is 4.79 Å². The van der Waals surface area contributed by atoms with E-state index in [2.05, 4.69) is 15.5 Å². The first-order valence-electron chi connectivity index (χ1n) is 11.9. The van der Waals surface area contributed by atoms with Gasteiger partial charge in [0.2, 0.25) is 5.91 Å². The van der Waals surface area contributed by atoms with Gasteiger partial charge in [0.15, 0.2) is 0 Å². The van der Waals surface area contributed by atoms with Crippen LogP contribution in [0.25, 0.3) is 0 Å². The fourth-order valence-electron chi connectivity index (χ4n) is 6.27. The van der Waals surface area contributed by atoms with Crippen LogP contribution in [-0.4, -0.2) is 60.4 Å². The van der Waals surface area contributed by atoms with Gasteiger partial charge in [-0.3, -0.25) is 15.1 Å². The number of nitrogens with one attached hydrogen (secondary N) is 3. The van der Waals surface area contributed by atoms with Crippen molar-refractivity contribution in [2.75, 3.05) is 19.6 Å². The van der Waals surface area contributed by atoms with Gasteiger partial charge in [0.1, 0.15) is 0 Å². The number of amides is 1. The molecule has 2 saturated heterocycles. The van der Waals surface area contributed by atoms with E-state index in [0.29, 0.717) is 29.8 Å². The van der Waals surface area contributed by atoms with Crippen molar-refractivity contribution in [3.63, 3.8) is 0 Å². The van der Waals surface area contributed by atoms with Gasteiger partial charge < -0.3 is 22.1 Å². The molecule has 0 aromatic heterocycles. The van der Waals surface area contributed by atoms with E-state index in [9.17, 15) is 4.79 Å². The Labute approximate surface area is 175 Å². The van der Waals surface area contributed by atoms with E-state index in [-0.39, 0.29) is 23.9 Å². The molecule has 0 spiro atoms. The predicted octanol–water partition coefficient (Wildman–Crippen LogP) is 1.17. The molecule has 7 heteroatoms. The number of fused-ring (bicyclic) bond motifs is 1. The van der Waals surface area contributed by atoms with E-state index in [1.165, 1.54) is 12.8 Å². The first-order chi connectivity index (χ1) is 14.0. The normalized spacial score (nSPS) is 39.1. The van der Waals surface area contributed by atoms with Gasteiger partial charge in [-0.2, -0.15) is 0 Å². The molecule has 4 fully saturated rings. The largest absolute Gasteiger partial charge is 0.387 e. The van der Waals surface area contributed by atoms with Crippen LogP contribution in [0.2, 0.25) is 0 Å². The second-order valence-electron chi connectivity index (χ2n) is 10.1. The Kier molecular flexibility index (Phi) is 6.76. The highest BCUT2D eigenvalue weighted by Gasteiger charge is 2.48. The van der Waals surface area contributed by atoms with E-state index >= 15 is 0 Å². The van der Waals surface area contributed by atoms with Crippen molar-refractivity contribution in [2.45, 2.75) is 88.4 Å². The Bertz CT molecular complexity index is 584. The maximum absolute atomic E-state index is 13.3. The molecule has 2 aliphatic carbocycles. The number of amidine groups is 1. The molecule has 29 heavy (non-hydrogen) atoms. The summed E-state index contributed by atoms with van der Waals surface area (Å²) in [4.78, 5) is 15.9. The van der Waals surface area contributed by atoms with E-state index in [0.717, 1.165) is 71.0 Å². The number of hydrogen-bond acceptors (Lipinski definition) is 5. The minimum absolute atomic E-state index is 0.0128. The van der Waals surface area contributed by atoms with Crippen molar-refractivity contribution in [1.82, 2.24) is 15.5 Å².